The first-order valence-corrected chi connectivity index (χ1v) is 12.0. The van der Waals surface area contributed by atoms with Gasteiger partial charge in [0.25, 0.3) is 11.8 Å². The van der Waals surface area contributed by atoms with Crippen LogP contribution in [0.3, 0.4) is 0 Å². The predicted octanol–water partition coefficient (Wildman–Crippen LogP) is 3.23. The predicted molar refractivity (Wildman–Crippen MR) is 129 cm³/mol. The van der Waals surface area contributed by atoms with Crippen molar-refractivity contribution in [1.29, 1.82) is 0 Å². The molecule has 0 aliphatic carbocycles. The van der Waals surface area contributed by atoms with Crippen LogP contribution in [-0.4, -0.2) is 40.2 Å². The van der Waals surface area contributed by atoms with Gasteiger partial charge in [0.2, 0.25) is 5.43 Å². The fraction of sp³-hybridized carbons (Fsp3) is 0.296. The van der Waals surface area contributed by atoms with Gasteiger partial charge in [0.05, 0.1) is 19.2 Å². The number of ether oxygens (including phenoxy) is 2. The molecule has 2 aromatic carbocycles. The van der Waals surface area contributed by atoms with Crippen LogP contribution in [0.1, 0.15) is 45.3 Å². The van der Waals surface area contributed by atoms with Crippen molar-refractivity contribution in [3.63, 3.8) is 0 Å². The van der Waals surface area contributed by atoms with E-state index in [1.807, 2.05) is 37.3 Å². The lowest BCUT2D eigenvalue weighted by Crippen LogP contribution is -2.50. The Morgan fingerprint density at radius 2 is 1.95 bits per heavy atom. The van der Waals surface area contributed by atoms with E-state index in [4.69, 9.17) is 9.47 Å². The quantitative estimate of drug-likeness (QED) is 0.528. The van der Waals surface area contributed by atoms with Gasteiger partial charge in [-0.15, -0.1) is 0 Å². The summed E-state index contributed by atoms with van der Waals surface area (Å²) in [5.74, 6) is -2.96. The highest BCUT2D eigenvalue weighted by molar-refractivity contribution is 5.99. The fourth-order valence-electron chi connectivity index (χ4n) is 4.62. The summed E-state index contributed by atoms with van der Waals surface area (Å²) in [5.41, 5.74) is -0.120. The van der Waals surface area contributed by atoms with E-state index in [1.54, 1.807) is 4.90 Å². The van der Waals surface area contributed by atoms with Crippen LogP contribution in [0.2, 0.25) is 0 Å². The summed E-state index contributed by atoms with van der Waals surface area (Å²) in [5, 5.41) is 2.50. The SMILES string of the molecule is CC[C@@H]1CO[C@H]2Cn3cc(C(=O)NCc4ccc(F)cc4F)c(=O)c(OCc4ccccc4)c3C(=O)N12. The number of carbonyl (C=O) groups is 2. The number of nitrogens with one attached hydrogen (secondary N) is 1. The van der Waals surface area contributed by atoms with Gasteiger partial charge in [0, 0.05) is 24.4 Å². The zero-order valence-corrected chi connectivity index (χ0v) is 20.1. The lowest BCUT2D eigenvalue weighted by molar-refractivity contribution is 0.00542. The van der Waals surface area contributed by atoms with E-state index in [2.05, 4.69) is 5.32 Å². The van der Waals surface area contributed by atoms with E-state index in [-0.39, 0.29) is 48.3 Å². The van der Waals surface area contributed by atoms with Crippen LogP contribution in [0, 0.1) is 11.6 Å². The highest BCUT2D eigenvalue weighted by Gasteiger charge is 2.44. The van der Waals surface area contributed by atoms with Crippen LogP contribution in [0.25, 0.3) is 0 Å². The van der Waals surface area contributed by atoms with Gasteiger partial charge in [-0.2, -0.15) is 0 Å². The van der Waals surface area contributed by atoms with Crippen molar-refractivity contribution in [2.75, 3.05) is 6.61 Å². The van der Waals surface area contributed by atoms with Gasteiger partial charge < -0.3 is 24.3 Å². The number of aromatic nitrogens is 1. The lowest BCUT2D eigenvalue weighted by atomic mass is 10.1. The molecule has 0 spiro atoms. The molecular formula is C27H25F2N3O5. The van der Waals surface area contributed by atoms with Crippen LogP contribution in [0.5, 0.6) is 5.75 Å². The molecule has 1 aromatic heterocycles. The average molecular weight is 510 g/mol. The average Bonchev–Trinajstić information content (AvgIpc) is 3.31. The fourth-order valence-corrected chi connectivity index (χ4v) is 4.62. The number of amides is 2. The molecule has 0 radical (unpaired) electrons. The first-order chi connectivity index (χ1) is 17.9. The van der Waals surface area contributed by atoms with E-state index in [0.29, 0.717) is 19.1 Å². The van der Waals surface area contributed by atoms with Gasteiger partial charge in [-0.3, -0.25) is 14.4 Å². The highest BCUT2D eigenvalue weighted by atomic mass is 19.1. The van der Waals surface area contributed by atoms with E-state index in [1.165, 1.54) is 16.8 Å². The molecule has 2 aliphatic rings. The summed E-state index contributed by atoms with van der Waals surface area (Å²) in [6.45, 7) is 2.30. The van der Waals surface area contributed by atoms with Crippen molar-refractivity contribution in [2.45, 2.75) is 45.3 Å². The van der Waals surface area contributed by atoms with Gasteiger partial charge in [0.1, 0.15) is 23.8 Å². The number of nitrogens with zero attached hydrogens (tertiary/aromatic N) is 2. The summed E-state index contributed by atoms with van der Waals surface area (Å²) in [6.07, 6.45) is 1.47. The summed E-state index contributed by atoms with van der Waals surface area (Å²) in [4.78, 5) is 41.7. The van der Waals surface area contributed by atoms with Gasteiger partial charge in [-0.1, -0.05) is 43.3 Å². The number of hydrogen-bond acceptors (Lipinski definition) is 5. The van der Waals surface area contributed by atoms with Gasteiger partial charge in [-0.25, -0.2) is 8.78 Å². The minimum atomic E-state index is -0.816. The van der Waals surface area contributed by atoms with Crippen LogP contribution >= 0.6 is 0 Å². The van der Waals surface area contributed by atoms with Crippen LogP contribution in [0.15, 0.2) is 59.5 Å². The maximum Gasteiger partial charge on any atom is 0.276 e. The van der Waals surface area contributed by atoms with Crippen molar-refractivity contribution >= 4 is 11.8 Å². The monoisotopic (exact) mass is 509 g/mol. The summed E-state index contributed by atoms with van der Waals surface area (Å²) >= 11 is 0. The van der Waals surface area contributed by atoms with Crippen molar-refractivity contribution < 1.29 is 27.8 Å². The molecule has 1 N–H and O–H groups in total. The van der Waals surface area contributed by atoms with Gasteiger partial charge in [-0.05, 0) is 18.1 Å². The third-order valence-corrected chi connectivity index (χ3v) is 6.61. The second-order valence-electron chi connectivity index (χ2n) is 8.96. The first-order valence-electron chi connectivity index (χ1n) is 12.0. The molecular weight excluding hydrogens is 484 g/mol. The molecule has 37 heavy (non-hydrogen) atoms. The number of pyridine rings is 1. The topological polar surface area (TPSA) is 89.9 Å². The molecule has 2 aliphatic heterocycles. The molecule has 10 heteroatoms. The second kappa shape index (κ2) is 10.1. The molecule has 0 bridgehead atoms. The second-order valence-corrected chi connectivity index (χ2v) is 8.96. The summed E-state index contributed by atoms with van der Waals surface area (Å²) < 4.78 is 40.4. The summed E-state index contributed by atoms with van der Waals surface area (Å²) in [6, 6.07) is 12.0. The molecule has 8 nitrogen and oxygen atoms in total. The number of fused-ring (bicyclic) bond motifs is 2. The minimum absolute atomic E-state index is 0.0133. The minimum Gasteiger partial charge on any atom is -0.483 e. The Labute approximate surface area is 211 Å². The maximum atomic E-state index is 14.0. The molecule has 1 fully saturated rings. The number of halogens is 2. The van der Waals surface area contributed by atoms with E-state index in [9.17, 15) is 23.2 Å². The molecule has 5 rings (SSSR count). The first kappa shape index (κ1) is 24.6. The number of hydrogen-bond donors (Lipinski definition) is 1. The number of rotatable bonds is 7. The van der Waals surface area contributed by atoms with Crippen molar-refractivity contribution in [3.05, 3.63) is 99.0 Å². The Bertz CT molecular complexity index is 1410. The van der Waals surface area contributed by atoms with Crippen molar-refractivity contribution in [2.24, 2.45) is 0 Å². The Morgan fingerprint density at radius 1 is 1.16 bits per heavy atom. The Morgan fingerprint density at radius 3 is 2.68 bits per heavy atom. The normalized spacial score (nSPS) is 18.4. The van der Waals surface area contributed by atoms with E-state index < -0.39 is 35.1 Å². The summed E-state index contributed by atoms with van der Waals surface area (Å²) in [7, 11) is 0. The molecule has 3 heterocycles. The van der Waals surface area contributed by atoms with Crippen molar-refractivity contribution in [1.82, 2.24) is 14.8 Å². The van der Waals surface area contributed by atoms with Crippen LogP contribution in [-0.2, 0) is 24.4 Å². The molecule has 1 saturated heterocycles. The van der Waals surface area contributed by atoms with Crippen LogP contribution in [0.4, 0.5) is 8.78 Å². The smallest absolute Gasteiger partial charge is 0.276 e. The van der Waals surface area contributed by atoms with Gasteiger partial charge >= 0.3 is 0 Å². The van der Waals surface area contributed by atoms with E-state index in [0.717, 1.165) is 11.6 Å². The molecule has 0 unspecified atom stereocenters. The molecule has 2 amide bonds. The zero-order valence-electron chi connectivity index (χ0n) is 20.1. The third-order valence-electron chi connectivity index (χ3n) is 6.61. The lowest BCUT2D eigenvalue weighted by Gasteiger charge is -2.35. The zero-order chi connectivity index (χ0) is 26.1. The number of benzene rings is 2. The third kappa shape index (κ3) is 4.72. The maximum absolute atomic E-state index is 14.0. The Hall–Kier alpha value is -4.05. The standard InChI is InChI=1S/C27H25F2N3O5/c1-2-19-15-36-22-13-31-12-20(26(34)30-11-17-8-9-18(28)10-21(17)29)24(33)25(23(31)27(35)32(19)22)37-14-16-6-4-3-5-7-16/h3-10,12,19,22H,2,11,13-15H2,1H3,(H,30,34)/t19-,22+/m1/s1. The van der Waals surface area contributed by atoms with Gasteiger partial charge in [0.15, 0.2) is 17.7 Å². The molecule has 192 valence electrons. The number of carbonyl (C=O) groups excluding carboxylic acids is 2. The molecule has 2 atom stereocenters. The molecule has 0 saturated carbocycles. The molecule has 3 aromatic rings. The van der Waals surface area contributed by atoms with E-state index >= 15 is 0 Å². The Kier molecular flexibility index (Phi) is 6.75. The van der Waals surface area contributed by atoms with Crippen molar-refractivity contribution in [3.8, 4) is 5.75 Å². The highest BCUT2D eigenvalue weighted by Crippen LogP contribution is 2.31. The Balaban J connectivity index is 1.50. The largest absolute Gasteiger partial charge is 0.483 e. The van der Waals surface area contributed by atoms with Crippen LogP contribution < -0.4 is 15.5 Å².